The number of nitrogens with one attached hydrogen (secondary N) is 1. The summed E-state index contributed by atoms with van der Waals surface area (Å²) in [5.41, 5.74) is 0. The van der Waals surface area contributed by atoms with E-state index >= 15 is 0 Å². The fourth-order valence-corrected chi connectivity index (χ4v) is 1.26. The number of terminal acetylenes is 1. The van der Waals surface area contributed by atoms with E-state index in [9.17, 15) is 14.9 Å². The molecule has 6 heteroatoms. The zero-order chi connectivity index (χ0) is 12.8. The van der Waals surface area contributed by atoms with Crippen LogP contribution in [0.25, 0.3) is 0 Å². The molecule has 90 valence electrons. The van der Waals surface area contributed by atoms with Gasteiger partial charge in [0.25, 0.3) is 5.91 Å². The van der Waals surface area contributed by atoms with Crippen molar-refractivity contribution in [1.82, 2.24) is 5.32 Å². The lowest BCUT2D eigenvalue weighted by molar-refractivity contribution is -0.402. The van der Waals surface area contributed by atoms with E-state index in [0.29, 0.717) is 6.42 Å². The van der Waals surface area contributed by atoms with Gasteiger partial charge in [0, 0.05) is 0 Å². The Balaban J connectivity index is 2.69. The third-order valence-electron chi connectivity index (χ3n) is 2.08. The van der Waals surface area contributed by atoms with Gasteiger partial charge in [-0.2, -0.15) is 0 Å². The van der Waals surface area contributed by atoms with Crippen LogP contribution in [-0.2, 0) is 0 Å². The van der Waals surface area contributed by atoms with Crippen LogP contribution < -0.4 is 5.32 Å². The second-order valence-electron chi connectivity index (χ2n) is 3.38. The summed E-state index contributed by atoms with van der Waals surface area (Å²) in [6.07, 6.45) is 6.71. The molecule has 0 saturated heterocycles. The number of nitrogens with zero attached hydrogens (tertiary/aromatic N) is 1. The van der Waals surface area contributed by atoms with Crippen molar-refractivity contribution in [3.8, 4) is 12.3 Å². The van der Waals surface area contributed by atoms with Crippen molar-refractivity contribution < 1.29 is 14.1 Å². The molecule has 1 unspecified atom stereocenters. The van der Waals surface area contributed by atoms with Crippen LogP contribution in [0.3, 0.4) is 0 Å². The maximum Gasteiger partial charge on any atom is 0.433 e. The van der Waals surface area contributed by atoms with Crippen molar-refractivity contribution >= 4 is 11.8 Å². The summed E-state index contributed by atoms with van der Waals surface area (Å²) < 4.78 is 4.75. The topological polar surface area (TPSA) is 85.4 Å². The number of amides is 1. The minimum atomic E-state index is -0.707. The zero-order valence-corrected chi connectivity index (χ0v) is 9.30. The number of nitro groups is 1. The number of rotatable bonds is 5. The van der Waals surface area contributed by atoms with Gasteiger partial charge in [0.05, 0.1) is 12.1 Å². The minimum Gasteiger partial charge on any atom is -0.395 e. The summed E-state index contributed by atoms with van der Waals surface area (Å²) >= 11 is 0. The smallest absolute Gasteiger partial charge is 0.395 e. The molecule has 0 spiro atoms. The maximum atomic E-state index is 11.6. The van der Waals surface area contributed by atoms with Crippen LogP contribution in [0.5, 0.6) is 0 Å². The van der Waals surface area contributed by atoms with E-state index in [2.05, 4.69) is 11.2 Å². The molecule has 1 N–H and O–H groups in total. The van der Waals surface area contributed by atoms with Crippen LogP contribution in [0.1, 0.15) is 30.3 Å². The highest BCUT2D eigenvalue weighted by molar-refractivity contribution is 5.92. The minimum absolute atomic E-state index is 0.118. The highest BCUT2D eigenvalue weighted by Gasteiger charge is 2.18. The summed E-state index contributed by atoms with van der Waals surface area (Å²) in [4.78, 5) is 21.3. The van der Waals surface area contributed by atoms with Gasteiger partial charge >= 0.3 is 5.88 Å². The van der Waals surface area contributed by atoms with Crippen LogP contribution in [0, 0.1) is 22.5 Å². The lowest BCUT2D eigenvalue weighted by Crippen LogP contribution is -2.33. The lowest BCUT2D eigenvalue weighted by Gasteiger charge is -2.09. The Morgan fingerprint density at radius 2 is 2.41 bits per heavy atom. The molecule has 0 bridgehead atoms. The van der Waals surface area contributed by atoms with Crippen LogP contribution in [-0.4, -0.2) is 16.9 Å². The number of hydrogen-bond acceptors (Lipinski definition) is 4. The van der Waals surface area contributed by atoms with Gasteiger partial charge in [-0.05, 0) is 12.5 Å². The molecule has 0 aromatic carbocycles. The summed E-state index contributed by atoms with van der Waals surface area (Å²) in [7, 11) is 0. The van der Waals surface area contributed by atoms with Gasteiger partial charge in [-0.3, -0.25) is 14.9 Å². The third-order valence-corrected chi connectivity index (χ3v) is 2.08. The molecule has 1 amide bonds. The van der Waals surface area contributed by atoms with E-state index in [1.54, 1.807) is 0 Å². The molecule has 1 rings (SSSR count). The largest absolute Gasteiger partial charge is 0.433 e. The van der Waals surface area contributed by atoms with Crippen LogP contribution in [0.15, 0.2) is 16.5 Å². The van der Waals surface area contributed by atoms with E-state index in [0.717, 1.165) is 12.5 Å². The van der Waals surface area contributed by atoms with E-state index in [4.69, 9.17) is 10.8 Å². The van der Waals surface area contributed by atoms with Crippen LogP contribution >= 0.6 is 0 Å². The van der Waals surface area contributed by atoms with Crippen molar-refractivity contribution in [1.29, 1.82) is 0 Å². The van der Waals surface area contributed by atoms with Crippen molar-refractivity contribution in [3.05, 3.63) is 28.0 Å². The Morgan fingerprint density at radius 1 is 1.71 bits per heavy atom. The molecule has 0 aliphatic heterocycles. The first-order valence-electron chi connectivity index (χ1n) is 5.09. The van der Waals surface area contributed by atoms with Gasteiger partial charge in [0.1, 0.15) is 4.92 Å². The monoisotopic (exact) mass is 236 g/mol. The Labute approximate surface area is 98.1 Å². The van der Waals surface area contributed by atoms with E-state index in [1.807, 2.05) is 6.92 Å². The highest BCUT2D eigenvalue weighted by Crippen LogP contribution is 2.15. The molecule has 0 saturated carbocycles. The predicted molar refractivity (Wildman–Crippen MR) is 60.4 cm³/mol. The fraction of sp³-hybridized carbons (Fsp3) is 0.364. The van der Waals surface area contributed by atoms with Gasteiger partial charge in [-0.1, -0.05) is 19.3 Å². The average Bonchev–Trinajstić information content (AvgIpc) is 2.77. The number of carbonyl (C=O) groups is 1. The second-order valence-corrected chi connectivity index (χ2v) is 3.38. The molecule has 6 nitrogen and oxygen atoms in total. The molecule has 1 heterocycles. The fourth-order valence-electron chi connectivity index (χ4n) is 1.26. The molecule has 0 aliphatic carbocycles. The van der Waals surface area contributed by atoms with Crippen molar-refractivity contribution in [2.75, 3.05) is 0 Å². The Morgan fingerprint density at radius 3 is 2.88 bits per heavy atom. The Bertz CT molecular complexity index is 458. The quantitative estimate of drug-likeness (QED) is 0.479. The number of carbonyl (C=O) groups excluding carboxylic acids is 1. The SMILES string of the molecule is C#CC(CCC)NC(=O)c1ccc([N+](=O)[O-])o1. The van der Waals surface area contributed by atoms with Gasteiger partial charge in [-0.25, -0.2) is 0 Å². The third kappa shape index (κ3) is 3.34. The van der Waals surface area contributed by atoms with E-state index in [-0.39, 0.29) is 5.76 Å². The van der Waals surface area contributed by atoms with E-state index in [1.165, 1.54) is 6.07 Å². The number of hydrogen-bond donors (Lipinski definition) is 1. The summed E-state index contributed by atoms with van der Waals surface area (Å²) in [5, 5.41) is 12.9. The second kappa shape index (κ2) is 5.70. The van der Waals surface area contributed by atoms with Gasteiger partial charge < -0.3 is 9.73 Å². The molecule has 0 aliphatic rings. The predicted octanol–water partition coefficient (Wildman–Crippen LogP) is 1.72. The standard InChI is InChI=1S/C11H12N2O4/c1-3-5-8(4-2)12-11(14)9-6-7-10(17-9)13(15)16/h2,6-8H,3,5H2,1H3,(H,12,14). The van der Waals surface area contributed by atoms with Crippen LogP contribution in [0.2, 0.25) is 0 Å². The molecule has 1 aromatic rings. The molecule has 0 radical (unpaired) electrons. The summed E-state index contributed by atoms with van der Waals surface area (Å²) in [5.74, 6) is 1.29. The Hall–Kier alpha value is -2.29. The van der Waals surface area contributed by atoms with Crippen molar-refractivity contribution in [2.24, 2.45) is 0 Å². The zero-order valence-electron chi connectivity index (χ0n) is 9.30. The highest BCUT2D eigenvalue weighted by atomic mass is 16.6. The van der Waals surface area contributed by atoms with Crippen molar-refractivity contribution in [2.45, 2.75) is 25.8 Å². The lowest BCUT2D eigenvalue weighted by atomic mass is 10.2. The molecule has 1 atom stereocenters. The van der Waals surface area contributed by atoms with E-state index < -0.39 is 22.8 Å². The first kappa shape index (κ1) is 12.8. The van der Waals surface area contributed by atoms with Gasteiger partial charge in [0.15, 0.2) is 5.76 Å². The molecule has 0 fully saturated rings. The normalized spacial score (nSPS) is 11.5. The Kier molecular flexibility index (Phi) is 4.29. The van der Waals surface area contributed by atoms with Crippen LogP contribution in [0.4, 0.5) is 5.88 Å². The summed E-state index contributed by atoms with van der Waals surface area (Å²) in [6, 6.07) is 1.98. The van der Waals surface area contributed by atoms with Crippen molar-refractivity contribution in [3.63, 3.8) is 0 Å². The molecule has 17 heavy (non-hydrogen) atoms. The average molecular weight is 236 g/mol. The first-order valence-corrected chi connectivity index (χ1v) is 5.09. The molecular weight excluding hydrogens is 224 g/mol. The first-order chi connectivity index (χ1) is 8.08. The summed E-state index contributed by atoms with van der Waals surface area (Å²) in [6.45, 7) is 1.94. The molecule has 1 aromatic heterocycles. The van der Waals surface area contributed by atoms with Gasteiger partial charge in [-0.15, -0.1) is 6.42 Å². The molecular formula is C11H12N2O4. The maximum absolute atomic E-state index is 11.6. The number of furan rings is 1. The van der Waals surface area contributed by atoms with Gasteiger partial charge in [0.2, 0.25) is 0 Å².